The first-order valence-electron chi connectivity index (χ1n) is 3.94. The lowest BCUT2D eigenvalue weighted by molar-refractivity contribution is 0.816. The smallest absolute Gasteiger partial charge is 0 e. The van der Waals surface area contributed by atoms with Crippen molar-refractivity contribution >= 4 is 0 Å². The lowest BCUT2D eigenvalue weighted by Crippen LogP contribution is -1.61. The number of allylic oxidation sites excluding steroid dienone is 1. The Hall–Kier alpha value is -0.260. The molecule has 0 atom stereocenters. The highest BCUT2D eigenvalue weighted by atomic mass is 13.8. The van der Waals surface area contributed by atoms with Crippen molar-refractivity contribution in [2.75, 3.05) is 0 Å². The van der Waals surface area contributed by atoms with E-state index in [1.54, 1.807) is 0 Å². The van der Waals surface area contributed by atoms with Gasteiger partial charge in [-0.25, -0.2) is 0 Å². The first kappa shape index (κ1) is 11.5. The van der Waals surface area contributed by atoms with Crippen LogP contribution in [0.5, 0.6) is 0 Å². The summed E-state index contributed by atoms with van der Waals surface area (Å²) in [5.74, 6) is 0. The van der Waals surface area contributed by atoms with Crippen LogP contribution in [-0.4, -0.2) is 0 Å². The Bertz CT molecular complexity index is 42.0. The zero-order valence-electron chi connectivity index (χ0n) is 7.11. The van der Waals surface area contributed by atoms with Crippen LogP contribution in [0.4, 0.5) is 0 Å². The largest absolute Gasteiger partial charge is 0.103 e. The lowest BCUT2D eigenvalue weighted by Gasteiger charge is -1.81. The summed E-state index contributed by atoms with van der Waals surface area (Å²) < 4.78 is 0. The molecule has 58 valence electrons. The Labute approximate surface area is 61.5 Å². The Kier molecular flexibility index (Phi) is 20.0. The normalized spacial score (nSPS) is 7.44. The fraction of sp³-hybridized carbons (Fsp3) is 0.778. The van der Waals surface area contributed by atoms with Gasteiger partial charge in [-0.1, -0.05) is 46.1 Å². The first-order valence-corrected chi connectivity index (χ1v) is 3.94. The molecule has 0 unspecified atom stereocenters. The van der Waals surface area contributed by atoms with Gasteiger partial charge in [0.05, 0.1) is 0 Å². The van der Waals surface area contributed by atoms with Crippen LogP contribution in [0, 0.1) is 0 Å². The number of rotatable bonds is 3. The average Bonchev–Trinajstić information content (AvgIpc) is 1.86. The van der Waals surface area contributed by atoms with E-state index in [1.165, 1.54) is 25.7 Å². The predicted molar refractivity (Wildman–Crippen MR) is 47.8 cm³/mol. The highest BCUT2D eigenvalue weighted by Gasteiger charge is 1.71. The number of hydrogen-bond acceptors (Lipinski definition) is 0. The fourth-order valence-electron chi connectivity index (χ4n) is 0.348. The van der Waals surface area contributed by atoms with E-state index in [0.717, 1.165) is 0 Å². The van der Waals surface area contributed by atoms with E-state index in [0.29, 0.717) is 0 Å². The zero-order chi connectivity index (χ0) is 7.54. The molecule has 0 heterocycles. The highest BCUT2D eigenvalue weighted by molar-refractivity contribution is 4.64. The maximum Gasteiger partial charge on any atom is 0 e. The molecule has 0 heteroatoms. The standard InChI is InChI=1S/C6H12.C3H8.H2/c1-3-5-6-4-2;1-3-2;/h3H,1,4-6H2,2H3;3H2,1-2H3;1H. The van der Waals surface area contributed by atoms with Crippen molar-refractivity contribution in [2.45, 2.75) is 46.5 Å². The van der Waals surface area contributed by atoms with Gasteiger partial charge in [-0.15, -0.1) is 6.58 Å². The van der Waals surface area contributed by atoms with Gasteiger partial charge in [0.25, 0.3) is 0 Å². The van der Waals surface area contributed by atoms with Gasteiger partial charge < -0.3 is 0 Å². The SMILES string of the molecule is C=CCCCC.CCC.[HH]. The van der Waals surface area contributed by atoms with Gasteiger partial charge in [-0.3, -0.25) is 0 Å². The van der Waals surface area contributed by atoms with E-state index in [1.807, 2.05) is 6.08 Å². The molecule has 9 heavy (non-hydrogen) atoms. The molecule has 0 aliphatic carbocycles. The summed E-state index contributed by atoms with van der Waals surface area (Å²) >= 11 is 0. The van der Waals surface area contributed by atoms with Crippen LogP contribution in [-0.2, 0) is 0 Å². The number of unbranched alkanes of at least 4 members (excludes halogenated alkanes) is 2. The van der Waals surface area contributed by atoms with E-state index in [9.17, 15) is 0 Å². The van der Waals surface area contributed by atoms with Crippen molar-refractivity contribution in [3.8, 4) is 0 Å². The van der Waals surface area contributed by atoms with Crippen LogP contribution in [0.1, 0.15) is 47.9 Å². The van der Waals surface area contributed by atoms with Crippen molar-refractivity contribution in [3.05, 3.63) is 12.7 Å². The zero-order valence-corrected chi connectivity index (χ0v) is 7.11. The molecule has 0 amide bonds. The van der Waals surface area contributed by atoms with E-state index < -0.39 is 0 Å². The van der Waals surface area contributed by atoms with Crippen molar-refractivity contribution in [2.24, 2.45) is 0 Å². The van der Waals surface area contributed by atoms with Gasteiger partial charge in [-0.05, 0) is 6.42 Å². The third-order valence-electron chi connectivity index (χ3n) is 0.762. The molecule has 0 saturated heterocycles. The number of hydrogen-bond donors (Lipinski definition) is 0. The second-order valence-electron chi connectivity index (χ2n) is 2.14. The minimum absolute atomic E-state index is 0. The van der Waals surface area contributed by atoms with Crippen molar-refractivity contribution in [3.63, 3.8) is 0 Å². The summed E-state index contributed by atoms with van der Waals surface area (Å²) in [6, 6.07) is 0. The minimum Gasteiger partial charge on any atom is -0.103 e. The van der Waals surface area contributed by atoms with Gasteiger partial charge >= 0.3 is 0 Å². The summed E-state index contributed by atoms with van der Waals surface area (Å²) in [4.78, 5) is 0. The minimum atomic E-state index is 0. The fourth-order valence-corrected chi connectivity index (χ4v) is 0.348. The first-order chi connectivity index (χ1) is 4.33. The van der Waals surface area contributed by atoms with Crippen LogP contribution in [0.2, 0.25) is 0 Å². The Morgan fingerprint density at radius 2 is 1.78 bits per heavy atom. The monoisotopic (exact) mass is 130 g/mol. The molecule has 0 nitrogen and oxygen atoms in total. The maximum absolute atomic E-state index is 3.60. The van der Waals surface area contributed by atoms with E-state index in [4.69, 9.17) is 0 Å². The van der Waals surface area contributed by atoms with Gasteiger partial charge in [0.15, 0.2) is 0 Å². The molecule has 0 N–H and O–H groups in total. The Balaban J connectivity index is -0.000000107. The second-order valence-corrected chi connectivity index (χ2v) is 2.14. The third-order valence-corrected chi connectivity index (χ3v) is 0.762. The summed E-state index contributed by atoms with van der Waals surface area (Å²) in [6.07, 6.45) is 6.97. The molecule has 0 aromatic heterocycles. The van der Waals surface area contributed by atoms with E-state index in [2.05, 4.69) is 27.4 Å². The van der Waals surface area contributed by atoms with Crippen LogP contribution in [0.15, 0.2) is 12.7 Å². The van der Waals surface area contributed by atoms with Crippen molar-refractivity contribution < 1.29 is 1.43 Å². The molecule has 0 saturated carbocycles. The van der Waals surface area contributed by atoms with Gasteiger partial charge in [0.1, 0.15) is 0 Å². The molecule has 0 bridgehead atoms. The van der Waals surface area contributed by atoms with Crippen molar-refractivity contribution in [1.82, 2.24) is 0 Å². The molecule has 0 radical (unpaired) electrons. The summed E-state index contributed by atoms with van der Waals surface area (Å²) in [5.41, 5.74) is 0. The summed E-state index contributed by atoms with van der Waals surface area (Å²) in [6.45, 7) is 10.0. The van der Waals surface area contributed by atoms with Crippen molar-refractivity contribution in [1.29, 1.82) is 0 Å². The Morgan fingerprint density at radius 1 is 1.33 bits per heavy atom. The maximum atomic E-state index is 3.60. The molecule has 0 aromatic rings. The second kappa shape index (κ2) is 15.6. The molecular formula is C9H22. The molecule has 0 aromatic carbocycles. The molecular weight excluding hydrogens is 108 g/mol. The predicted octanol–water partition coefficient (Wildman–Crippen LogP) is 4.02. The Morgan fingerprint density at radius 3 is 1.89 bits per heavy atom. The average molecular weight is 130 g/mol. The van der Waals surface area contributed by atoms with Gasteiger partial charge in [0.2, 0.25) is 0 Å². The van der Waals surface area contributed by atoms with Crippen LogP contribution in [0.25, 0.3) is 0 Å². The molecule has 0 spiro atoms. The molecule has 0 aliphatic rings. The molecule has 0 aliphatic heterocycles. The van der Waals surface area contributed by atoms with Crippen LogP contribution >= 0.6 is 0 Å². The lowest BCUT2D eigenvalue weighted by atomic mass is 10.3. The van der Waals surface area contributed by atoms with E-state index in [-0.39, 0.29) is 1.43 Å². The molecule has 0 fully saturated rings. The summed E-state index contributed by atoms with van der Waals surface area (Å²) in [5, 5.41) is 0. The van der Waals surface area contributed by atoms with Gasteiger partial charge in [-0.2, -0.15) is 0 Å². The topological polar surface area (TPSA) is 0 Å². The molecule has 0 rings (SSSR count). The van der Waals surface area contributed by atoms with Crippen LogP contribution < -0.4 is 0 Å². The highest BCUT2D eigenvalue weighted by Crippen LogP contribution is 1.91. The van der Waals surface area contributed by atoms with Gasteiger partial charge in [0, 0.05) is 1.43 Å². The van der Waals surface area contributed by atoms with E-state index >= 15 is 0 Å². The third kappa shape index (κ3) is 34.0. The quantitative estimate of drug-likeness (QED) is 0.400. The van der Waals surface area contributed by atoms with Crippen LogP contribution in [0.3, 0.4) is 0 Å². The summed E-state index contributed by atoms with van der Waals surface area (Å²) in [7, 11) is 0.